The second-order valence-electron chi connectivity index (χ2n) is 3.28. The van der Waals surface area contributed by atoms with Crippen LogP contribution in [0, 0.1) is 0 Å². The summed E-state index contributed by atoms with van der Waals surface area (Å²) in [5.41, 5.74) is 0. The summed E-state index contributed by atoms with van der Waals surface area (Å²) in [6.07, 6.45) is 3.27. The summed E-state index contributed by atoms with van der Waals surface area (Å²) < 4.78 is 0. The Bertz CT molecular complexity index is 166. The highest BCUT2D eigenvalue weighted by molar-refractivity contribution is 5.75. The zero-order chi connectivity index (χ0) is 10.3. The standard InChI is InChI=1S/C10H19NO2/c1-4-5-6-10(13)11(3)8-7-9(2)12/h4,9,12H,1,5-8H2,2-3H3. The van der Waals surface area contributed by atoms with E-state index in [4.69, 9.17) is 5.11 Å². The van der Waals surface area contributed by atoms with Crippen molar-refractivity contribution >= 4 is 5.91 Å². The van der Waals surface area contributed by atoms with Crippen LogP contribution in [0.15, 0.2) is 12.7 Å². The Labute approximate surface area is 80.0 Å². The highest BCUT2D eigenvalue weighted by atomic mass is 16.3. The van der Waals surface area contributed by atoms with E-state index in [2.05, 4.69) is 6.58 Å². The summed E-state index contributed by atoms with van der Waals surface area (Å²) >= 11 is 0. The predicted octanol–water partition coefficient (Wildman–Crippen LogP) is 1.18. The van der Waals surface area contributed by atoms with Gasteiger partial charge in [0, 0.05) is 20.0 Å². The second-order valence-corrected chi connectivity index (χ2v) is 3.28. The van der Waals surface area contributed by atoms with Crippen molar-refractivity contribution in [3.63, 3.8) is 0 Å². The minimum atomic E-state index is -0.338. The van der Waals surface area contributed by atoms with Crippen LogP contribution < -0.4 is 0 Å². The van der Waals surface area contributed by atoms with Gasteiger partial charge in [-0.25, -0.2) is 0 Å². The molecule has 0 fully saturated rings. The van der Waals surface area contributed by atoms with Crippen molar-refractivity contribution in [1.29, 1.82) is 0 Å². The van der Waals surface area contributed by atoms with Gasteiger partial charge in [-0.05, 0) is 19.8 Å². The first-order chi connectivity index (χ1) is 6.07. The average Bonchev–Trinajstić information content (AvgIpc) is 2.10. The number of nitrogens with zero attached hydrogens (tertiary/aromatic N) is 1. The molecular formula is C10H19NO2. The van der Waals surface area contributed by atoms with Crippen LogP contribution in [-0.4, -0.2) is 35.6 Å². The molecule has 0 aromatic heterocycles. The van der Waals surface area contributed by atoms with E-state index in [0.717, 1.165) is 6.42 Å². The number of rotatable bonds is 6. The lowest BCUT2D eigenvalue weighted by molar-refractivity contribution is -0.130. The number of carbonyl (C=O) groups is 1. The van der Waals surface area contributed by atoms with Gasteiger partial charge in [0.2, 0.25) is 5.91 Å². The molecule has 0 heterocycles. The SMILES string of the molecule is C=CCCC(=O)N(C)CCC(C)O. The number of carbonyl (C=O) groups excluding carboxylic acids is 1. The van der Waals surface area contributed by atoms with Gasteiger partial charge in [-0.2, -0.15) is 0 Å². The zero-order valence-electron chi connectivity index (χ0n) is 8.49. The molecule has 0 radical (unpaired) electrons. The molecule has 1 unspecified atom stereocenters. The largest absolute Gasteiger partial charge is 0.393 e. The molecule has 0 saturated heterocycles. The van der Waals surface area contributed by atoms with E-state index in [1.54, 1.807) is 24.9 Å². The molecule has 0 rings (SSSR count). The van der Waals surface area contributed by atoms with Gasteiger partial charge < -0.3 is 10.0 Å². The lowest BCUT2D eigenvalue weighted by Gasteiger charge is -2.17. The molecule has 13 heavy (non-hydrogen) atoms. The van der Waals surface area contributed by atoms with Crippen molar-refractivity contribution in [2.24, 2.45) is 0 Å². The van der Waals surface area contributed by atoms with E-state index in [1.807, 2.05) is 0 Å². The summed E-state index contributed by atoms with van der Waals surface area (Å²) in [5, 5.41) is 9.00. The molecule has 3 nitrogen and oxygen atoms in total. The normalized spacial score (nSPS) is 12.2. The molecule has 0 aliphatic carbocycles. The predicted molar refractivity (Wildman–Crippen MR) is 53.4 cm³/mol. The van der Waals surface area contributed by atoms with Crippen LogP contribution in [0.1, 0.15) is 26.2 Å². The number of aliphatic hydroxyl groups excluding tert-OH is 1. The van der Waals surface area contributed by atoms with Crippen LogP contribution in [-0.2, 0) is 4.79 Å². The van der Waals surface area contributed by atoms with Crippen molar-refractivity contribution in [2.75, 3.05) is 13.6 Å². The summed E-state index contributed by atoms with van der Waals surface area (Å²) in [6, 6.07) is 0. The molecular weight excluding hydrogens is 166 g/mol. The molecule has 0 aliphatic rings. The van der Waals surface area contributed by atoms with E-state index in [9.17, 15) is 4.79 Å². The lowest BCUT2D eigenvalue weighted by Crippen LogP contribution is -2.29. The molecule has 1 amide bonds. The fraction of sp³-hybridized carbons (Fsp3) is 0.700. The smallest absolute Gasteiger partial charge is 0.222 e. The van der Waals surface area contributed by atoms with Crippen LogP contribution in [0.2, 0.25) is 0 Å². The van der Waals surface area contributed by atoms with Gasteiger partial charge >= 0.3 is 0 Å². The van der Waals surface area contributed by atoms with Crippen molar-refractivity contribution < 1.29 is 9.90 Å². The van der Waals surface area contributed by atoms with E-state index >= 15 is 0 Å². The third-order valence-corrected chi connectivity index (χ3v) is 1.87. The molecule has 0 aromatic rings. The minimum absolute atomic E-state index is 0.112. The van der Waals surface area contributed by atoms with Crippen molar-refractivity contribution in [3.05, 3.63) is 12.7 Å². The summed E-state index contributed by atoms with van der Waals surface area (Å²) in [4.78, 5) is 13.0. The highest BCUT2D eigenvalue weighted by Crippen LogP contribution is 1.99. The fourth-order valence-electron chi connectivity index (χ4n) is 0.922. The number of aliphatic hydroxyl groups is 1. The number of allylic oxidation sites excluding steroid dienone is 1. The summed E-state index contributed by atoms with van der Waals surface area (Å²) in [5.74, 6) is 0.112. The molecule has 76 valence electrons. The van der Waals surface area contributed by atoms with E-state index in [1.165, 1.54) is 0 Å². The minimum Gasteiger partial charge on any atom is -0.393 e. The molecule has 1 N–H and O–H groups in total. The Kier molecular flexibility index (Phi) is 6.24. The van der Waals surface area contributed by atoms with Crippen LogP contribution in [0.3, 0.4) is 0 Å². The van der Waals surface area contributed by atoms with E-state index < -0.39 is 0 Å². The van der Waals surface area contributed by atoms with Gasteiger partial charge in [0.25, 0.3) is 0 Å². The zero-order valence-corrected chi connectivity index (χ0v) is 8.49. The Morgan fingerprint density at radius 2 is 2.31 bits per heavy atom. The van der Waals surface area contributed by atoms with Gasteiger partial charge in [0.15, 0.2) is 0 Å². The Balaban J connectivity index is 3.62. The second kappa shape index (κ2) is 6.66. The Morgan fingerprint density at radius 1 is 1.69 bits per heavy atom. The summed E-state index contributed by atoms with van der Waals surface area (Å²) in [6.45, 7) is 5.90. The maximum absolute atomic E-state index is 11.3. The molecule has 3 heteroatoms. The van der Waals surface area contributed by atoms with Gasteiger partial charge in [0.1, 0.15) is 0 Å². The number of hydrogen-bond donors (Lipinski definition) is 1. The number of amides is 1. The van der Waals surface area contributed by atoms with Gasteiger partial charge in [-0.1, -0.05) is 6.08 Å². The fourth-order valence-corrected chi connectivity index (χ4v) is 0.922. The third kappa shape index (κ3) is 6.34. The molecule has 0 spiro atoms. The maximum Gasteiger partial charge on any atom is 0.222 e. The Morgan fingerprint density at radius 3 is 2.77 bits per heavy atom. The first-order valence-electron chi connectivity index (χ1n) is 4.61. The van der Waals surface area contributed by atoms with Crippen LogP contribution in [0.5, 0.6) is 0 Å². The van der Waals surface area contributed by atoms with Gasteiger partial charge in [-0.3, -0.25) is 4.79 Å². The Hall–Kier alpha value is -0.830. The molecule has 1 atom stereocenters. The summed E-state index contributed by atoms with van der Waals surface area (Å²) in [7, 11) is 1.76. The van der Waals surface area contributed by atoms with Crippen LogP contribution >= 0.6 is 0 Å². The molecule has 0 saturated carbocycles. The molecule has 0 bridgehead atoms. The van der Waals surface area contributed by atoms with Crippen molar-refractivity contribution in [1.82, 2.24) is 4.90 Å². The lowest BCUT2D eigenvalue weighted by atomic mass is 10.2. The number of hydrogen-bond acceptors (Lipinski definition) is 2. The van der Waals surface area contributed by atoms with E-state index in [-0.39, 0.29) is 12.0 Å². The maximum atomic E-state index is 11.3. The first kappa shape index (κ1) is 12.2. The third-order valence-electron chi connectivity index (χ3n) is 1.87. The monoisotopic (exact) mass is 185 g/mol. The quantitative estimate of drug-likeness (QED) is 0.631. The van der Waals surface area contributed by atoms with Crippen LogP contribution in [0.4, 0.5) is 0 Å². The van der Waals surface area contributed by atoms with Crippen LogP contribution in [0.25, 0.3) is 0 Å². The molecule has 0 aliphatic heterocycles. The van der Waals surface area contributed by atoms with E-state index in [0.29, 0.717) is 19.4 Å². The van der Waals surface area contributed by atoms with Crippen molar-refractivity contribution in [2.45, 2.75) is 32.3 Å². The topological polar surface area (TPSA) is 40.5 Å². The van der Waals surface area contributed by atoms with Crippen molar-refractivity contribution in [3.8, 4) is 0 Å². The molecule has 0 aromatic carbocycles. The van der Waals surface area contributed by atoms with Gasteiger partial charge in [0.05, 0.1) is 6.10 Å². The highest BCUT2D eigenvalue weighted by Gasteiger charge is 2.07. The first-order valence-corrected chi connectivity index (χ1v) is 4.61. The van der Waals surface area contributed by atoms with Gasteiger partial charge in [-0.15, -0.1) is 6.58 Å². The average molecular weight is 185 g/mol.